The molecule has 0 aromatic carbocycles. The molecule has 0 atom stereocenters. The molecule has 12 heavy (non-hydrogen) atoms. The van der Waals surface area contributed by atoms with Crippen molar-refractivity contribution in [1.82, 2.24) is 0 Å². The van der Waals surface area contributed by atoms with Gasteiger partial charge in [-0.1, -0.05) is 0 Å². The molecule has 0 fully saturated rings. The van der Waals surface area contributed by atoms with Crippen LogP contribution >= 0.6 is 0 Å². The lowest BCUT2D eigenvalue weighted by Crippen LogP contribution is -2.14. The van der Waals surface area contributed by atoms with Crippen molar-refractivity contribution in [2.45, 2.75) is 6.42 Å². The molecule has 0 heterocycles. The number of carbonyl (C=O) groups is 2. The summed E-state index contributed by atoms with van der Waals surface area (Å²) in [7, 11) is 2.71. The van der Waals surface area contributed by atoms with Crippen LogP contribution in [0.3, 0.4) is 0 Å². The first-order chi connectivity index (χ1) is 5.70. The third-order valence-electron chi connectivity index (χ3n) is 1.07. The van der Waals surface area contributed by atoms with Crippen LogP contribution in [-0.2, 0) is 23.8 Å². The monoisotopic (exact) mass is 176 g/mol. The number of methoxy groups -OCH3 is 2. The van der Waals surface area contributed by atoms with Crippen molar-refractivity contribution >= 4 is 11.9 Å². The molecule has 0 amide bonds. The summed E-state index contributed by atoms with van der Waals surface area (Å²) < 4.78 is 13.5. The highest BCUT2D eigenvalue weighted by Gasteiger charge is 2.09. The van der Waals surface area contributed by atoms with Gasteiger partial charge in [-0.15, -0.1) is 0 Å². The molecule has 0 unspecified atom stereocenters. The third kappa shape index (κ3) is 5.67. The standard InChI is InChI=1S/C7H12O5/c1-10-3-4-12-7(9)5-6(8)11-2/h3-5H2,1-2H3. The van der Waals surface area contributed by atoms with Crippen LogP contribution in [0.25, 0.3) is 0 Å². The Bertz CT molecular complexity index is 154. The first-order valence-corrected chi connectivity index (χ1v) is 3.42. The van der Waals surface area contributed by atoms with Gasteiger partial charge in [0.1, 0.15) is 13.0 Å². The van der Waals surface area contributed by atoms with Gasteiger partial charge in [0.25, 0.3) is 0 Å². The topological polar surface area (TPSA) is 61.8 Å². The molecule has 0 N–H and O–H groups in total. The van der Waals surface area contributed by atoms with E-state index in [9.17, 15) is 9.59 Å². The fraction of sp³-hybridized carbons (Fsp3) is 0.714. The van der Waals surface area contributed by atoms with Crippen molar-refractivity contribution < 1.29 is 23.8 Å². The van der Waals surface area contributed by atoms with Gasteiger partial charge < -0.3 is 14.2 Å². The van der Waals surface area contributed by atoms with Gasteiger partial charge in [-0.2, -0.15) is 0 Å². The average molecular weight is 176 g/mol. The van der Waals surface area contributed by atoms with E-state index in [0.717, 1.165) is 0 Å². The highest BCUT2D eigenvalue weighted by atomic mass is 16.6. The number of carbonyl (C=O) groups excluding carboxylic acids is 2. The number of rotatable bonds is 5. The fourth-order valence-electron chi connectivity index (χ4n) is 0.480. The summed E-state index contributed by atoms with van der Waals surface area (Å²) >= 11 is 0. The average Bonchev–Trinajstić information content (AvgIpc) is 2.05. The zero-order valence-corrected chi connectivity index (χ0v) is 7.16. The Labute approximate surface area is 70.6 Å². The van der Waals surface area contributed by atoms with Gasteiger partial charge in [-0.25, -0.2) is 0 Å². The summed E-state index contributed by atoms with van der Waals surface area (Å²) in [6.07, 6.45) is -0.347. The van der Waals surface area contributed by atoms with E-state index in [4.69, 9.17) is 0 Å². The van der Waals surface area contributed by atoms with Crippen LogP contribution in [0.5, 0.6) is 0 Å². The molecule has 0 saturated carbocycles. The molecule has 0 radical (unpaired) electrons. The second-order valence-corrected chi connectivity index (χ2v) is 1.97. The van der Waals surface area contributed by atoms with E-state index in [1.165, 1.54) is 14.2 Å². The molecule has 0 bridgehead atoms. The minimum absolute atomic E-state index is 0.159. The molecular formula is C7H12O5. The largest absolute Gasteiger partial charge is 0.469 e. The minimum atomic E-state index is -0.600. The smallest absolute Gasteiger partial charge is 0.317 e. The maximum absolute atomic E-state index is 10.7. The van der Waals surface area contributed by atoms with Gasteiger partial charge in [-0.05, 0) is 0 Å². The van der Waals surface area contributed by atoms with E-state index < -0.39 is 11.9 Å². The van der Waals surface area contributed by atoms with Gasteiger partial charge >= 0.3 is 11.9 Å². The fourth-order valence-corrected chi connectivity index (χ4v) is 0.480. The van der Waals surface area contributed by atoms with Gasteiger partial charge in [0.2, 0.25) is 0 Å². The first-order valence-electron chi connectivity index (χ1n) is 3.42. The normalized spacial score (nSPS) is 9.17. The first kappa shape index (κ1) is 10.9. The molecule has 0 aliphatic heterocycles. The zero-order valence-electron chi connectivity index (χ0n) is 7.16. The molecule has 0 aliphatic rings. The molecule has 0 spiro atoms. The van der Waals surface area contributed by atoms with E-state index in [-0.39, 0.29) is 13.0 Å². The van der Waals surface area contributed by atoms with Crippen molar-refractivity contribution in [2.75, 3.05) is 27.4 Å². The highest BCUT2D eigenvalue weighted by Crippen LogP contribution is 1.88. The molecule has 0 aliphatic carbocycles. The van der Waals surface area contributed by atoms with E-state index in [2.05, 4.69) is 14.2 Å². The summed E-state index contributed by atoms with van der Waals surface area (Å²) in [6.45, 7) is 0.485. The van der Waals surface area contributed by atoms with Crippen molar-refractivity contribution in [3.63, 3.8) is 0 Å². The zero-order chi connectivity index (χ0) is 9.40. The minimum Gasteiger partial charge on any atom is -0.469 e. The van der Waals surface area contributed by atoms with Crippen LogP contribution in [-0.4, -0.2) is 39.4 Å². The number of ether oxygens (including phenoxy) is 3. The molecule has 5 nitrogen and oxygen atoms in total. The lowest BCUT2D eigenvalue weighted by molar-refractivity contribution is -0.153. The van der Waals surface area contributed by atoms with E-state index in [1.807, 2.05) is 0 Å². The van der Waals surface area contributed by atoms with E-state index in [1.54, 1.807) is 0 Å². The maximum atomic E-state index is 10.7. The maximum Gasteiger partial charge on any atom is 0.317 e. The van der Waals surface area contributed by atoms with E-state index >= 15 is 0 Å². The second kappa shape index (κ2) is 6.60. The number of hydrogen-bond acceptors (Lipinski definition) is 5. The lowest BCUT2D eigenvalue weighted by Gasteiger charge is -2.02. The Morgan fingerprint density at radius 1 is 1.08 bits per heavy atom. The van der Waals surface area contributed by atoms with Crippen LogP contribution < -0.4 is 0 Å². The Balaban J connectivity index is 3.40. The van der Waals surface area contributed by atoms with Gasteiger partial charge in [0, 0.05) is 7.11 Å². The van der Waals surface area contributed by atoms with Gasteiger partial charge in [-0.3, -0.25) is 9.59 Å². The van der Waals surface area contributed by atoms with Gasteiger partial charge in [0.05, 0.1) is 13.7 Å². The van der Waals surface area contributed by atoms with Crippen molar-refractivity contribution in [3.8, 4) is 0 Å². The molecule has 0 aromatic heterocycles. The van der Waals surface area contributed by atoms with Gasteiger partial charge in [0.15, 0.2) is 0 Å². The summed E-state index contributed by atoms with van der Waals surface area (Å²) in [5, 5.41) is 0. The van der Waals surface area contributed by atoms with E-state index in [0.29, 0.717) is 6.61 Å². The number of hydrogen-bond donors (Lipinski definition) is 0. The summed E-state index contributed by atoms with van der Waals surface area (Å²) in [5.41, 5.74) is 0. The summed E-state index contributed by atoms with van der Waals surface area (Å²) in [6, 6.07) is 0. The van der Waals surface area contributed by atoms with Crippen LogP contribution in [0.1, 0.15) is 6.42 Å². The Hall–Kier alpha value is -1.10. The van der Waals surface area contributed by atoms with Crippen LogP contribution in [0, 0.1) is 0 Å². The summed E-state index contributed by atoms with van der Waals surface area (Å²) in [4.78, 5) is 21.2. The number of esters is 2. The lowest BCUT2D eigenvalue weighted by atomic mass is 10.4. The SMILES string of the molecule is COCCOC(=O)CC(=O)OC. The predicted molar refractivity (Wildman–Crippen MR) is 39.5 cm³/mol. The highest BCUT2D eigenvalue weighted by molar-refractivity contribution is 5.91. The summed E-state index contributed by atoms with van der Waals surface area (Å²) in [5.74, 6) is -1.20. The Morgan fingerprint density at radius 3 is 2.25 bits per heavy atom. The molecule has 5 heteroatoms. The Morgan fingerprint density at radius 2 is 1.75 bits per heavy atom. The molecule has 70 valence electrons. The van der Waals surface area contributed by atoms with Crippen molar-refractivity contribution in [2.24, 2.45) is 0 Å². The molecule has 0 rings (SSSR count). The quantitative estimate of drug-likeness (QED) is 0.328. The molecule has 0 aromatic rings. The van der Waals surface area contributed by atoms with Crippen LogP contribution in [0.2, 0.25) is 0 Å². The van der Waals surface area contributed by atoms with Crippen LogP contribution in [0.15, 0.2) is 0 Å². The van der Waals surface area contributed by atoms with Crippen molar-refractivity contribution in [1.29, 1.82) is 0 Å². The van der Waals surface area contributed by atoms with Crippen molar-refractivity contribution in [3.05, 3.63) is 0 Å². The molecular weight excluding hydrogens is 164 g/mol. The van der Waals surface area contributed by atoms with Crippen LogP contribution in [0.4, 0.5) is 0 Å². The second-order valence-electron chi connectivity index (χ2n) is 1.97. The third-order valence-corrected chi connectivity index (χ3v) is 1.07. The predicted octanol–water partition coefficient (Wildman–Crippen LogP) is -0.261. The molecule has 0 saturated heterocycles. The Kier molecular flexibility index (Phi) is 6.00.